The van der Waals surface area contributed by atoms with Gasteiger partial charge in [-0.05, 0) is 25.5 Å². The number of hydrogen-bond donors (Lipinski definition) is 1. The van der Waals surface area contributed by atoms with E-state index in [2.05, 4.69) is 5.10 Å². The summed E-state index contributed by atoms with van der Waals surface area (Å²) in [7, 11) is -3.00. The van der Waals surface area contributed by atoms with Gasteiger partial charge in [0.05, 0.1) is 34.9 Å². The molecule has 0 bridgehead atoms. The predicted octanol–water partition coefficient (Wildman–Crippen LogP) is 1.49. The standard InChI is InChI=1S/C15H16N2O4S/c1-10-2-3-14(18)13(6-10)15(19)11-7-16-17(8-11)12-4-5-22(20,21)9-12/h2-3,6-8,12,18H,4-5,9H2,1H3. The fourth-order valence-electron chi connectivity index (χ4n) is 2.63. The minimum Gasteiger partial charge on any atom is -0.507 e. The third-order valence-corrected chi connectivity index (χ3v) is 5.59. The van der Waals surface area contributed by atoms with E-state index in [4.69, 9.17) is 0 Å². The first-order chi connectivity index (χ1) is 10.4. The van der Waals surface area contributed by atoms with Gasteiger partial charge in [0.15, 0.2) is 15.6 Å². The van der Waals surface area contributed by atoms with Gasteiger partial charge in [0.1, 0.15) is 5.75 Å². The molecule has 116 valence electrons. The highest BCUT2D eigenvalue weighted by Crippen LogP contribution is 2.25. The predicted molar refractivity (Wildman–Crippen MR) is 80.8 cm³/mol. The van der Waals surface area contributed by atoms with Crippen molar-refractivity contribution in [2.45, 2.75) is 19.4 Å². The highest BCUT2D eigenvalue weighted by molar-refractivity contribution is 7.91. The summed E-state index contributed by atoms with van der Waals surface area (Å²) in [6.45, 7) is 1.84. The molecule has 7 heteroatoms. The van der Waals surface area contributed by atoms with Crippen LogP contribution in [0.3, 0.4) is 0 Å². The summed E-state index contributed by atoms with van der Waals surface area (Å²) >= 11 is 0. The molecule has 0 amide bonds. The first-order valence-corrected chi connectivity index (χ1v) is 8.77. The van der Waals surface area contributed by atoms with Crippen molar-refractivity contribution >= 4 is 15.6 Å². The summed E-state index contributed by atoms with van der Waals surface area (Å²) in [5.41, 5.74) is 1.43. The fraction of sp³-hybridized carbons (Fsp3) is 0.333. The van der Waals surface area contributed by atoms with E-state index in [9.17, 15) is 18.3 Å². The van der Waals surface area contributed by atoms with Crippen LogP contribution in [0.25, 0.3) is 0 Å². The number of hydrogen-bond acceptors (Lipinski definition) is 5. The molecule has 1 aromatic heterocycles. The van der Waals surface area contributed by atoms with E-state index in [1.807, 2.05) is 6.92 Å². The lowest BCUT2D eigenvalue weighted by Gasteiger charge is -2.07. The summed E-state index contributed by atoms with van der Waals surface area (Å²) in [5.74, 6) is -0.197. The number of phenols is 1. The fourth-order valence-corrected chi connectivity index (χ4v) is 4.33. The molecule has 1 unspecified atom stereocenters. The second-order valence-electron chi connectivity index (χ2n) is 5.62. The highest BCUT2D eigenvalue weighted by Gasteiger charge is 2.30. The van der Waals surface area contributed by atoms with Crippen LogP contribution in [-0.4, -0.2) is 40.6 Å². The largest absolute Gasteiger partial charge is 0.507 e. The zero-order valence-electron chi connectivity index (χ0n) is 12.1. The molecule has 0 spiro atoms. The average molecular weight is 320 g/mol. The van der Waals surface area contributed by atoms with Crippen molar-refractivity contribution in [2.24, 2.45) is 0 Å². The zero-order chi connectivity index (χ0) is 15.9. The Balaban J connectivity index is 1.88. The first kappa shape index (κ1) is 14.8. The molecule has 1 aliphatic heterocycles. The van der Waals surface area contributed by atoms with E-state index in [1.54, 1.807) is 18.3 Å². The Morgan fingerprint density at radius 3 is 2.86 bits per heavy atom. The maximum Gasteiger partial charge on any atom is 0.199 e. The van der Waals surface area contributed by atoms with Gasteiger partial charge in [0, 0.05) is 6.20 Å². The van der Waals surface area contributed by atoms with Gasteiger partial charge in [-0.25, -0.2) is 8.42 Å². The van der Waals surface area contributed by atoms with Gasteiger partial charge in [-0.1, -0.05) is 11.6 Å². The molecule has 1 aliphatic rings. The summed E-state index contributed by atoms with van der Waals surface area (Å²) in [6.07, 6.45) is 3.47. The number of aromatic nitrogens is 2. The molecule has 2 aromatic rings. The molecule has 1 aromatic carbocycles. The number of aromatic hydroxyl groups is 1. The number of benzene rings is 1. The van der Waals surface area contributed by atoms with Crippen molar-refractivity contribution in [2.75, 3.05) is 11.5 Å². The minimum absolute atomic E-state index is 0.0536. The highest BCUT2D eigenvalue weighted by atomic mass is 32.2. The van der Waals surface area contributed by atoms with Crippen LogP contribution in [0.2, 0.25) is 0 Å². The van der Waals surface area contributed by atoms with Crippen molar-refractivity contribution in [3.63, 3.8) is 0 Å². The number of ketones is 1. The number of carbonyl (C=O) groups excluding carboxylic acids is 1. The Labute approximate surface area is 128 Å². The van der Waals surface area contributed by atoms with Crippen LogP contribution in [-0.2, 0) is 9.84 Å². The lowest BCUT2D eigenvalue weighted by atomic mass is 10.0. The van der Waals surface area contributed by atoms with E-state index in [0.29, 0.717) is 12.0 Å². The van der Waals surface area contributed by atoms with Crippen LogP contribution >= 0.6 is 0 Å². The Kier molecular flexibility index (Phi) is 3.52. The number of phenolic OH excluding ortho intramolecular Hbond substituents is 1. The van der Waals surface area contributed by atoms with E-state index in [-0.39, 0.29) is 34.6 Å². The molecule has 1 atom stereocenters. The minimum atomic E-state index is -3.00. The Bertz CT molecular complexity index is 839. The summed E-state index contributed by atoms with van der Waals surface area (Å²) in [4.78, 5) is 12.4. The molecule has 1 N–H and O–H groups in total. The topological polar surface area (TPSA) is 89.3 Å². The number of rotatable bonds is 3. The quantitative estimate of drug-likeness (QED) is 0.865. The SMILES string of the molecule is Cc1ccc(O)c(C(=O)c2cnn(C3CCS(=O)(=O)C3)c2)c1. The maximum atomic E-state index is 12.4. The molecule has 1 saturated heterocycles. The summed E-state index contributed by atoms with van der Waals surface area (Å²) < 4.78 is 24.6. The molecule has 22 heavy (non-hydrogen) atoms. The molecular weight excluding hydrogens is 304 g/mol. The zero-order valence-corrected chi connectivity index (χ0v) is 12.9. The van der Waals surface area contributed by atoms with Crippen molar-refractivity contribution < 1.29 is 18.3 Å². The second kappa shape index (κ2) is 5.24. The van der Waals surface area contributed by atoms with Crippen LogP contribution in [0.1, 0.15) is 33.9 Å². The van der Waals surface area contributed by atoms with E-state index in [1.165, 1.54) is 16.9 Å². The Morgan fingerprint density at radius 1 is 1.41 bits per heavy atom. The van der Waals surface area contributed by atoms with Gasteiger partial charge >= 0.3 is 0 Å². The molecule has 0 aliphatic carbocycles. The van der Waals surface area contributed by atoms with Crippen molar-refractivity contribution in [3.05, 3.63) is 47.3 Å². The van der Waals surface area contributed by atoms with Gasteiger partial charge in [-0.3, -0.25) is 9.48 Å². The van der Waals surface area contributed by atoms with Gasteiger partial charge in [0.25, 0.3) is 0 Å². The van der Waals surface area contributed by atoms with E-state index in [0.717, 1.165) is 5.56 Å². The van der Waals surface area contributed by atoms with Gasteiger partial charge in [-0.2, -0.15) is 5.10 Å². The number of carbonyl (C=O) groups is 1. The molecule has 2 heterocycles. The van der Waals surface area contributed by atoms with Crippen LogP contribution in [0, 0.1) is 6.92 Å². The normalized spacial score (nSPS) is 20.1. The van der Waals surface area contributed by atoms with E-state index >= 15 is 0 Å². The van der Waals surface area contributed by atoms with E-state index < -0.39 is 9.84 Å². The van der Waals surface area contributed by atoms with Crippen molar-refractivity contribution in [1.82, 2.24) is 9.78 Å². The molecular formula is C15H16N2O4S. The van der Waals surface area contributed by atoms with Crippen molar-refractivity contribution in [3.8, 4) is 5.75 Å². The monoisotopic (exact) mass is 320 g/mol. The van der Waals surface area contributed by atoms with Crippen LogP contribution < -0.4 is 0 Å². The number of sulfone groups is 1. The summed E-state index contributed by atoms with van der Waals surface area (Å²) in [5, 5.41) is 13.9. The third-order valence-electron chi connectivity index (χ3n) is 3.84. The molecule has 0 radical (unpaired) electrons. The van der Waals surface area contributed by atoms with Crippen LogP contribution in [0.5, 0.6) is 5.75 Å². The molecule has 0 saturated carbocycles. The second-order valence-corrected chi connectivity index (χ2v) is 7.84. The number of aryl methyl sites for hydroxylation is 1. The first-order valence-electron chi connectivity index (χ1n) is 6.94. The Morgan fingerprint density at radius 2 is 2.18 bits per heavy atom. The van der Waals surface area contributed by atoms with Crippen LogP contribution in [0.15, 0.2) is 30.6 Å². The van der Waals surface area contributed by atoms with Gasteiger partial charge < -0.3 is 5.11 Å². The molecule has 6 nitrogen and oxygen atoms in total. The average Bonchev–Trinajstić information content (AvgIpc) is 3.07. The van der Waals surface area contributed by atoms with Crippen LogP contribution in [0.4, 0.5) is 0 Å². The third kappa shape index (κ3) is 2.76. The Hall–Kier alpha value is -2.15. The smallest absolute Gasteiger partial charge is 0.199 e. The summed E-state index contributed by atoms with van der Waals surface area (Å²) in [6, 6.07) is 4.60. The lowest BCUT2D eigenvalue weighted by Crippen LogP contribution is -2.11. The molecule has 3 rings (SSSR count). The molecule has 1 fully saturated rings. The van der Waals surface area contributed by atoms with Gasteiger partial charge in [-0.15, -0.1) is 0 Å². The van der Waals surface area contributed by atoms with Crippen molar-refractivity contribution in [1.29, 1.82) is 0 Å². The number of nitrogens with zero attached hydrogens (tertiary/aromatic N) is 2. The maximum absolute atomic E-state index is 12.4. The van der Waals surface area contributed by atoms with Gasteiger partial charge in [0.2, 0.25) is 0 Å². The lowest BCUT2D eigenvalue weighted by molar-refractivity contribution is 0.103.